The number of hydrogen-bond acceptors (Lipinski definition) is 3. The molecule has 2 rings (SSSR count). The van der Waals surface area contributed by atoms with Crippen molar-refractivity contribution < 1.29 is 14.6 Å². The summed E-state index contributed by atoms with van der Waals surface area (Å²) in [6.07, 6.45) is 0. The van der Waals surface area contributed by atoms with Gasteiger partial charge in [0, 0.05) is 0 Å². The number of nitrogens with zero attached hydrogens (tertiary/aromatic N) is 1. The summed E-state index contributed by atoms with van der Waals surface area (Å²) in [5.41, 5.74) is 1.28. The maximum absolute atomic E-state index is 10.9. The number of carboxylic acids is 1. The number of carboxylic acid groups (broad SMARTS) is 1. The van der Waals surface area contributed by atoms with Crippen LogP contribution >= 0.6 is 0 Å². The largest absolute Gasteiger partial charge is 0.478 e. The first-order chi connectivity index (χ1) is 9.11. The van der Waals surface area contributed by atoms with Gasteiger partial charge in [-0.3, -0.25) is 0 Å². The zero-order valence-corrected chi connectivity index (χ0v) is 10.3. The summed E-state index contributed by atoms with van der Waals surface area (Å²) in [7, 11) is 0. The molecule has 0 saturated heterocycles. The summed E-state index contributed by atoms with van der Waals surface area (Å²) < 4.78 is 5.60. The number of aromatic carboxylic acids is 1. The molecular formula is C15H11NO3. The number of ether oxygens (including phenoxy) is 1. The molecule has 4 heteroatoms. The second kappa shape index (κ2) is 5.23. The molecule has 1 N–H and O–H groups in total. The molecule has 0 unspecified atom stereocenters. The molecule has 0 spiro atoms. The van der Waals surface area contributed by atoms with Crippen LogP contribution in [0.25, 0.3) is 0 Å². The molecule has 0 aromatic heterocycles. The van der Waals surface area contributed by atoms with Crippen molar-refractivity contribution in [2.45, 2.75) is 6.92 Å². The van der Waals surface area contributed by atoms with Crippen LogP contribution in [0.1, 0.15) is 21.5 Å². The number of rotatable bonds is 3. The van der Waals surface area contributed by atoms with Crippen LogP contribution in [0.15, 0.2) is 42.5 Å². The highest BCUT2D eigenvalue weighted by molar-refractivity contribution is 5.89. The van der Waals surface area contributed by atoms with Gasteiger partial charge in [-0.1, -0.05) is 12.1 Å². The SMILES string of the molecule is Cc1cc(Oc2ccccc2C#N)ccc1C(=O)O. The first-order valence-electron chi connectivity index (χ1n) is 5.62. The highest BCUT2D eigenvalue weighted by Crippen LogP contribution is 2.26. The van der Waals surface area contributed by atoms with Gasteiger partial charge < -0.3 is 9.84 Å². The number of benzene rings is 2. The van der Waals surface area contributed by atoms with Crippen LogP contribution in [-0.2, 0) is 0 Å². The average molecular weight is 253 g/mol. The van der Waals surface area contributed by atoms with Gasteiger partial charge in [0.1, 0.15) is 17.6 Å². The van der Waals surface area contributed by atoms with E-state index in [-0.39, 0.29) is 5.56 Å². The minimum atomic E-state index is -0.971. The Hall–Kier alpha value is -2.80. The Balaban J connectivity index is 2.32. The van der Waals surface area contributed by atoms with E-state index in [1.54, 1.807) is 43.3 Å². The summed E-state index contributed by atoms with van der Waals surface area (Å²) in [4.78, 5) is 10.9. The lowest BCUT2D eigenvalue weighted by Gasteiger charge is -2.09. The molecule has 0 aliphatic rings. The highest BCUT2D eigenvalue weighted by Gasteiger charge is 2.09. The fraction of sp³-hybridized carbons (Fsp3) is 0.0667. The van der Waals surface area contributed by atoms with Gasteiger partial charge in [-0.25, -0.2) is 4.79 Å². The topological polar surface area (TPSA) is 70.3 Å². The number of aryl methyl sites for hydroxylation is 1. The summed E-state index contributed by atoms with van der Waals surface area (Å²) in [6, 6.07) is 13.6. The predicted octanol–water partition coefficient (Wildman–Crippen LogP) is 3.36. The first-order valence-corrected chi connectivity index (χ1v) is 5.62. The molecule has 0 radical (unpaired) electrons. The molecule has 0 fully saturated rings. The normalized spacial score (nSPS) is 9.68. The number of carbonyl (C=O) groups is 1. The molecule has 2 aromatic rings. The quantitative estimate of drug-likeness (QED) is 0.910. The standard InChI is InChI=1S/C15H11NO3/c1-10-8-12(6-7-13(10)15(17)18)19-14-5-3-2-4-11(14)9-16/h2-8H,1H3,(H,17,18). The van der Waals surface area contributed by atoms with Crippen LogP contribution in [0, 0.1) is 18.3 Å². The highest BCUT2D eigenvalue weighted by atomic mass is 16.5. The van der Waals surface area contributed by atoms with E-state index in [4.69, 9.17) is 15.1 Å². The zero-order valence-electron chi connectivity index (χ0n) is 10.3. The van der Waals surface area contributed by atoms with Gasteiger partial charge in [-0.15, -0.1) is 0 Å². The van der Waals surface area contributed by atoms with Crippen molar-refractivity contribution in [3.05, 3.63) is 59.2 Å². The van der Waals surface area contributed by atoms with Crippen LogP contribution in [0.4, 0.5) is 0 Å². The third-order valence-electron chi connectivity index (χ3n) is 2.66. The van der Waals surface area contributed by atoms with Gasteiger partial charge in [0.15, 0.2) is 0 Å². The molecule has 2 aromatic carbocycles. The molecule has 4 nitrogen and oxygen atoms in total. The summed E-state index contributed by atoms with van der Waals surface area (Å²) in [5.74, 6) is -0.0147. The average Bonchev–Trinajstić information content (AvgIpc) is 2.39. The second-order valence-corrected chi connectivity index (χ2v) is 3.99. The molecule has 94 valence electrons. The lowest BCUT2D eigenvalue weighted by atomic mass is 10.1. The number of nitriles is 1. The minimum absolute atomic E-state index is 0.237. The first kappa shape index (κ1) is 12.7. The van der Waals surface area contributed by atoms with E-state index in [0.717, 1.165) is 0 Å². The molecule has 19 heavy (non-hydrogen) atoms. The van der Waals surface area contributed by atoms with Crippen LogP contribution in [-0.4, -0.2) is 11.1 Å². The van der Waals surface area contributed by atoms with Crippen molar-refractivity contribution in [2.24, 2.45) is 0 Å². The molecule has 0 amide bonds. The van der Waals surface area contributed by atoms with E-state index in [0.29, 0.717) is 22.6 Å². The van der Waals surface area contributed by atoms with Gasteiger partial charge in [0.05, 0.1) is 11.1 Å². The van der Waals surface area contributed by atoms with E-state index in [2.05, 4.69) is 0 Å². The summed E-state index contributed by atoms with van der Waals surface area (Å²) >= 11 is 0. The Morgan fingerprint density at radius 1 is 1.26 bits per heavy atom. The second-order valence-electron chi connectivity index (χ2n) is 3.99. The zero-order chi connectivity index (χ0) is 13.8. The fourth-order valence-electron chi connectivity index (χ4n) is 1.71. The molecule has 0 saturated carbocycles. The third-order valence-corrected chi connectivity index (χ3v) is 2.66. The van der Waals surface area contributed by atoms with Crippen LogP contribution < -0.4 is 4.74 Å². The Labute approximate surface area is 110 Å². The maximum Gasteiger partial charge on any atom is 0.335 e. The summed E-state index contributed by atoms with van der Waals surface area (Å²) in [5, 5.41) is 17.9. The third kappa shape index (κ3) is 2.72. The van der Waals surface area contributed by atoms with Crippen molar-refractivity contribution in [3.63, 3.8) is 0 Å². The molecule has 0 aliphatic carbocycles. The van der Waals surface area contributed by atoms with Gasteiger partial charge in [0.25, 0.3) is 0 Å². The fourth-order valence-corrected chi connectivity index (χ4v) is 1.71. The van der Waals surface area contributed by atoms with Gasteiger partial charge in [-0.05, 0) is 42.8 Å². The Bertz CT molecular complexity index is 671. The van der Waals surface area contributed by atoms with Gasteiger partial charge in [0.2, 0.25) is 0 Å². The number of hydrogen-bond donors (Lipinski definition) is 1. The van der Waals surface area contributed by atoms with Crippen molar-refractivity contribution >= 4 is 5.97 Å². The molecular weight excluding hydrogens is 242 g/mol. The number of para-hydroxylation sites is 1. The van der Waals surface area contributed by atoms with E-state index < -0.39 is 5.97 Å². The maximum atomic E-state index is 10.9. The van der Waals surface area contributed by atoms with Crippen LogP contribution in [0.2, 0.25) is 0 Å². The minimum Gasteiger partial charge on any atom is -0.478 e. The van der Waals surface area contributed by atoms with Crippen molar-refractivity contribution in [2.75, 3.05) is 0 Å². The Morgan fingerprint density at radius 2 is 2.00 bits per heavy atom. The molecule has 0 bridgehead atoms. The lowest BCUT2D eigenvalue weighted by Crippen LogP contribution is -1.99. The van der Waals surface area contributed by atoms with Crippen molar-refractivity contribution in [3.8, 4) is 17.6 Å². The van der Waals surface area contributed by atoms with E-state index in [9.17, 15) is 4.79 Å². The summed E-state index contributed by atoms with van der Waals surface area (Å²) in [6.45, 7) is 1.70. The molecule has 0 atom stereocenters. The lowest BCUT2D eigenvalue weighted by molar-refractivity contribution is 0.0696. The van der Waals surface area contributed by atoms with Crippen molar-refractivity contribution in [1.29, 1.82) is 5.26 Å². The van der Waals surface area contributed by atoms with Crippen LogP contribution in [0.5, 0.6) is 11.5 Å². The van der Waals surface area contributed by atoms with E-state index in [1.807, 2.05) is 6.07 Å². The van der Waals surface area contributed by atoms with Crippen LogP contribution in [0.3, 0.4) is 0 Å². The Morgan fingerprint density at radius 3 is 2.63 bits per heavy atom. The smallest absolute Gasteiger partial charge is 0.335 e. The monoisotopic (exact) mass is 253 g/mol. The van der Waals surface area contributed by atoms with Gasteiger partial charge in [-0.2, -0.15) is 5.26 Å². The van der Waals surface area contributed by atoms with E-state index in [1.165, 1.54) is 6.07 Å². The molecule has 0 aliphatic heterocycles. The van der Waals surface area contributed by atoms with E-state index >= 15 is 0 Å². The van der Waals surface area contributed by atoms with Gasteiger partial charge >= 0.3 is 5.97 Å². The molecule has 0 heterocycles. The predicted molar refractivity (Wildman–Crippen MR) is 69.4 cm³/mol. The van der Waals surface area contributed by atoms with Crippen molar-refractivity contribution in [1.82, 2.24) is 0 Å². The Kier molecular flexibility index (Phi) is 3.48.